The average molecular weight is 466 g/mol. The smallest absolute Gasteiger partial charge is 0.177 e. The zero-order valence-corrected chi connectivity index (χ0v) is 19.6. The van der Waals surface area contributed by atoms with Gasteiger partial charge in [0.05, 0.1) is 9.75 Å². The zero-order chi connectivity index (χ0) is 23.7. The maximum Gasteiger partial charge on any atom is 0.177 e. The molecule has 0 spiro atoms. The Bertz CT molecular complexity index is 1410. The molecule has 2 N–H and O–H groups in total. The van der Waals surface area contributed by atoms with Crippen molar-refractivity contribution in [1.29, 1.82) is 0 Å². The molecule has 0 aliphatic heterocycles. The SMILES string of the molecule is Cc1ccc(N(c2ccccc2)c2ccc(-c3sc(-c4cnc(C)nc4)c(O)c3O)cc2)cc1. The van der Waals surface area contributed by atoms with E-state index in [1.807, 2.05) is 42.5 Å². The van der Waals surface area contributed by atoms with Crippen molar-refractivity contribution in [3.05, 3.63) is 103 Å². The number of aromatic nitrogens is 2. The number of aryl methyl sites for hydroxylation is 2. The van der Waals surface area contributed by atoms with Crippen molar-refractivity contribution in [1.82, 2.24) is 9.97 Å². The molecule has 34 heavy (non-hydrogen) atoms. The Morgan fingerprint density at radius 1 is 0.618 bits per heavy atom. The molecule has 0 bridgehead atoms. The summed E-state index contributed by atoms with van der Waals surface area (Å²) in [4.78, 5) is 11.7. The molecule has 0 saturated carbocycles. The lowest BCUT2D eigenvalue weighted by atomic mass is 10.1. The van der Waals surface area contributed by atoms with Gasteiger partial charge in [0.2, 0.25) is 0 Å². The standard InChI is InChI=1S/C28H23N3O2S/c1-18-8-12-23(13-9-18)31(22-6-4-3-5-7-22)24-14-10-20(11-15-24)27-25(32)26(33)28(34-27)21-16-29-19(2)30-17-21/h3-17,32-33H,1-2H3. The number of rotatable bonds is 5. The highest BCUT2D eigenvalue weighted by molar-refractivity contribution is 7.19. The Morgan fingerprint density at radius 3 is 1.71 bits per heavy atom. The van der Waals surface area contributed by atoms with Gasteiger partial charge >= 0.3 is 0 Å². The van der Waals surface area contributed by atoms with Crippen LogP contribution >= 0.6 is 11.3 Å². The van der Waals surface area contributed by atoms with Crippen LogP contribution in [-0.4, -0.2) is 20.2 Å². The molecular formula is C28H23N3O2S. The number of hydrogen-bond acceptors (Lipinski definition) is 6. The van der Waals surface area contributed by atoms with Crippen molar-refractivity contribution in [2.24, 2.45) is 0 Å². The van der Waals surface area contributed by atoms with Crippen LogP contribution in [0.3, 0.4) is 0 Å². The third-order valence-electron chi connectivity index (χ3n) is 5.60. The number of aromatic hydroxyl groups is 2. The largest absolute Gasteiger partial charge is 0.503 e. The van der Waals surface area contributed by atoms with Crippen LogP contribution < -0.4 is 4.90 Å². The van der Waals surface area contributed by atoms with E-state index >= 15 is 0 Å². The Balaban J connectivity index is 1.53. The van der Waals surface area contributed by atoms with Crippen molar-refractivity contribution in [3.8, 4) is 32.4 Å². The van der Waals surface area contributed by atoms with E-state index < -0.39 is 0 Å². The first-order valence-electron chi connectivity index (χ1n) is 10.9. The molecule has 2 heterocycles. The highest BCUT2D eigenvalue weighted by atomic mass is 32.1. The lowest BCUT2D eigenvalue weighted by Crippen LogP contribution is -2.09. The van der Waals surface area contributed by atoms with Gasteiger partial charge in [-0.25, -0.2) is 9.97 Å². The Kier molecular flexibility index (Phi) is 5.74. The summed E-state index contributed by atoms with van der Waals surface area (Å²) in [5.74, 6) is 0.366. The van der Waals surface area contributed by atoms with E-state index in [0.717, 1.165) is 22.6 Å². The van der Waals surface area contributed by atoms with Crippen LogP contribution in [0.15, 0.2) is 91.3 Å². The van der Waals surface area contributed by atoms with E-state index in [2.05, 4.69) is 58.2 Å². The van der Waals surface area contributed by atoms with Crippen molar-refractivity contribution >= 4 is 28.4 Å². The van der Waals surface area contributed by atoms with Gasteiger partial charge in [-0.05, 0) is 55.8 Å². The van der Waals surface area contributed by atoms with Crippen LogP contribution in [0.5, 0.6) is 11.5 Å². The van der Waals surface area contributed by atoms with E-state index in [4.69, 9.17) is 0 Å². The molecular weight excluding hydrogens is 442 g/mol. The first kappa shape index (κ1) is 21.7. The number of anilines is 3. The van der Waals surface area contributed by atoms with Crippen molar-refractivity contribution in [2.45, 2.75) is 13.8 Å². The topological polar surface area (TPSA) is 69.5 Å². The van der Waals surface area contributed by atoms with Crippen LogP contribution in [0.25, 0.3) is 20.9 Å². The monoisotopic (exact) mass is 465 g/mol. The maximum absolute atomic E-state index is 10.7. The van der Waals surface area contributed by atoms with Gasteiger partial charge in [-0.1, -0.05) is 48.0 Å². The summed E-state index contributed by atoms with van der Waals surface area (Å²) in [5.41, 5.74) is 5.79. The lowest BCUT2D eigenvalue weighted by molar-refractivity contribution is 0.410. The summed E-state index contributed by atoms with van der Waals surface area (Å²) in [7, 11) is 0. The molecule has 0 amide bonds. The van der Waals surface area contributed by atoms with Crippen LogP contribution in [0.2, 0.25) is 0 Å². The Labute approximate surface area is 202 Å². The fourth-order valence-corrected chi connectivity index (χ4v) is 4.86. The summed E-state index contributed by atoms with van der Waals surface area (Å²) in [6.45, 7) is 3.88. The van der Waals surface area contributed by atoms with Gasteiger partial charge in [0.25, 0.3) is 0 Å². The molecule has 2 aromatic heterocycles. The van der Waals surface area contributed by atoms with E-state index in [1.54, 1.807) is 19.3 Å². The molecule has 0 radical (unpaired) electrons. The summed E-state index contributed by atoms with van der Waals surface area (Å²) < 4.78 is 0. The van der Waals surface area contributed by atoms with Gasteiger partial charge in [0, 0.05) is 35.0 Å². The highest BCUT2D eigenvalue weighted by Crippen LogP contribution is 2.51. The van der Waals surface area contributed by atoms with E-state index in [0.29, 0.717) is 21.1 Å². The second kappa shape index (κ2) is 9.00. The molecule has 0 fully saturated rings. The fraction of sp³-hybridized carbons (Fsp3) is 0.0714. The van der Waals surface area contributed by atoms with Gasteiger partial charge < -0.3 is 15.1 Å². The molecule has 0 aliphatic carbocycles. The molecule has 6 heteroatoms. The van der Waals surface area contributed by atoms with E-state index in [1.165, 1.54) is 16.9 Å². The minimum atomic E-state index is -0.151. The van der Waals surface area contributed by atoms with Crippen molar-refractivity contribution < 1.29 is 10.2 Å². The first-order valence-corrected chi connectivity index (χ1v) is 11.7. The Morgan fingerprint density at radius 2 is 1.12 bits per heavy atom. The number of benzene rings is 3. The molecule has 0 aliphatic rings. The second-order valence-electron chi connectivity index (χ2n) is 8.03. The molecule has 0 saturated heterocycles. The minimum Gasteiger partial charge on any atom is -0.503 e. The predicted molar refractivity (Wildman–Crippen MR) is 138 cm³/mol. The van der Waals surface area contributed by atoms with Gasteiger partial charge in [-0.2, -0.15) is 0 Å². The molecule has 3 aromatic carbocycles. The molecule has 5 nitrogen and oxygen atoms in total. The van der Waals surface area contributed by atoms with Crippen LogP contribution in [0.4, 0.5) is 17.1 Å². The lowest BCUT2D eigenvalue weighted by Gasteiger charge is -2.25. The van der Waals surface area contributed by atoms with Crippen LogP contribution in [0, 0.1) is 13.8 Å². The minimum absolute atomic E-state index is 0.133. The molecule has 5 rings (SSSR count). The summed E-state index contributed by atoms with van der Waals surface area (Å²) in [6, 6.07) is 26.6. The maximum atomic E-state index is 10.7. The summed E-state index contributed by atoms with van der Waals surface area (Å²) in [5, 5.41) is 21.2. The first-order chi connectivity index (χ1) is 16.5. The molecule has 168 valence electrons. The third kappa shape index (κ3) is 4.11. The third-order valence-corrected chi connectivity index (χ3v) is 6.86. The number of para-hydroxylation sites is 1. The molecule has 0 atom stereocenters. The van der Waals surface area contributed by atoms with Gasteiger partial charge in [-0.3, -0.25) is 0 Å². The van der Waals surface area contributed by atoms with Gasteiger partial charge in [0.1, 0.15) is 5.82 Å². The summed E-state index contributed by atoms with van der Waals surface area (Å²) in [6.07, 6.45) is 3.30. The van der Waals surface area contributed by atoms with E-state index in [9.17, 15) is 10.2 Å². The quantitative estimate of drug-likeness (QED) is 0.284. The number of nitrogens with zero attached hydrogens (tertiary/aromatic N) is 3. The fourth-order valence-electron chi connectivity index (χ4n) is 3.79. The second-order valence-corrected chi connectivity index (χ2v) is 9.05. The molecule has 0 unspecified atom stereocenters. The van der Waals surface area contributed by atoms with Crippen molar-refractivity contribution in [3.63, 3.8) is 0 Å². The van der Waals surface area contributed by atoms with Crippen LogP contribution in [0.1, 0.15) is 11.4 Å². The van der Waals surface area contributed by atoms with Crippen LogP contribution in [-0.2, 0) is 0 Å². The van der Waals surface area contributed by atoms with E-state index in [-0.39, 0.29) is 11.5 Å². The number of thiophene rings is 1. The Hall–Kier alpha value is -4.16. The van der Waals surface area contributed by atoms with Gasteiger partial charge in [-0.15, -0.1) is 11.3 Å². The van der Waals surface area contributed by atoms with Gasteiger partial charge in [0.15, 0.2) is 11.5 Å². The zero-order valence-electron chi connectivity index (χ0n) is 18.8. The summed E-state index contributed by atoms with van der Waals surface area (Å²) >= 11 is 1.31. The average Bonchev–Trinajstić information content (AvgIpc) is 3.16. The normalized spacial score (nSPS) is 10.9. The predicted octanol–water partition coefficient (Wildman–Crippen LogP) is 7.37. The number of hydrogen-bond donors (Lipinski definition) is 2. The highest BCUT2D eigenvalue weighted by Gasteiger charge is 2.21. The van der Waals surface area contributed by atoms with Crippen molar-refractivity contribution in [2.75, 3.05) is 4.90 Å². The molecule has 5 aromatic rings.